The molecule has 124 valence electrons. The molecule has 24 heavy (non-hydrogen) atoms. The molecule has 1 aliphatic heterocycles. The number of aromatic nitrogens is 3. The van der Waals surface area contributed by atoms with Crippen molar-refractivity contribution in [1.82, 2.24) is 26.0 Å². The van der Waals surface area contributed by atoms with Gasteiger partial charge in [-0.1, -0.05) is 12.1 Å². The van der Waals surface area contributed by atoms with Gasteiger partial charge in [0.15, 0.2) is 0 Å². The fraction of sp³-hybridized carbons (Fsp3) is 0.143. The Morgan fingerprint density at radius 2 is 1.88 bits per heavy atom. The number of benzene rings is 1. The van der Waals surface area contributed by atoms with Crippen LogP contribution in [0.25, 0.3) is 11.3 Å². The van der Waals surface area contributed by atoms with Gasteiger partial charge in [-0.15, -0.1) is 11.8 Å². The summed E-state index contributed by atoms with van der Waals surface area (Å²) in [5, 5.41) is 27.5. The number of nitrogens with one attached hydrogen (secondary N) is 4. The zero-order valence-corrected chi connectivity index (χ0v) is 13.3. The normalized spacial score (nSPS) is 17.2. The Bertz CT molecular complexity index is 767. The summed E-state index contributed by atoms with van der Waals surface area (Å²) < 4.78 is 0. The van der Waals surface area contributed by atoms with E-state index in [1.807, 2.05) is 12.1 Å². The molecule has 0 aliphatic carbocycles. The van der Waals surface area contributed by atoms with Crippen LogP contribution < -0.4 is 16.0 Å². The Morgan fingerprint density at radius 1 is 1.21 bits per heavy atom. The lowest BCUT2D eigenvalue weighted by atomic mass is 10.1. The summed E-state index contributed by atoms with van der Waals surface area (Å²) in [6, 6.07) is 7.28. The Balaban J connectivity index is 1.84. The van der Waals surface area contributed by atoms with Crippen molar-refractivity contribution in [3.63, 3.8) is 0 Å². The summed E-state index contributed by atoms with van der Waals surface area (Å²) in [6.45, 7) is 0. The highest BCUT2D eigenvalue weighted by atomic mass is 32.2. The molecule has 2 heterocycles. The van der Waals surface area contributed by atoms with Crippen molar-refractivity contribution in [3.05, 3.63) is 41.1 Å². The second-order valence-electron chi connectivity index (χ2n) is 4.82. The SMILES string of the molecule is CSC(Nc1ccc(-c2cn[nH]n2)cc1)=C1C(=O)NC(O)NC1=O. The van der Waals surface area contributed by atoms with Gasteiger partial charge in [0.2, 0.25) is 6.35 Å². The molecule has 0 radical (unpaired) electrons. The molecule has 3 rings (SSSR count). The topological polar surface area (TPSA) is 132 Å². The molecule has 9 nitrogen and oxygen atoms in total. The van der Waals surface area contributed by atoms with Gasteiger partial charge in [0.25, 0.3) is 11.8 Å². The maximum Gasteiger partial charge on any atom is 0.262 e. The molecule has 5 N–H and O–H groups in total. The van der Waals surface area contributed by atoms with E-state index in [2.05, 4.69) is 31.4 Å². The number of aliphatic hydroxyl groups excluding tert-OH is 1. The molecule has 0 saturated carbocycles. The van der Waals surface area contributed by atoms with Crippen molar-refractivity contribution in [2.24, 2.45) is 0 Å². The molecule has 1 aromatic carbocycles. The third-order valence-corrected chi connectivity index (χ3v) is 3.99. The van der Waals surface area contributed by atoms with Crippen LogP contribution in [0.15, 0.2) is 41.1 Å². The van der Waals surface area contributed by atoms with Crippen LogP contribution in [0.1, 0.15) is 0 Å². The number of carbonyl (C=O) groups is 2. The van der Waals surface area contributed by atoms with Crippen LogP contribution in [-0.2, 0) is 9.59 Å². The third-order valence-electron chi connectivity index (χ3n) is 3.27. The van der Waals surface area contributed by atoms with Crippen LogP contribution in [0.2, 0.25) is 0 Å². The summed E-state index contributed by atoms with van der Waals surface area (Å²) in [6.07, 6.45) is 1.98. The highest BCUT2D eigenvalue weighted by molar-refractivity contribution is 8.02. The predicted octanol–water partition coefficient (Wildman–Crippen LogP) is -0.0199. The lowest BCUT2D eigenvalue weighted by Gasteiger charge is -2.23. The Kier molecular flexibility index (Phi) is 4.49. The number of aromatic amines is 1. The summed E-state index contributed by atoms with van der Waals surface area (Å²) >= 11 is 1.22. The Hall–Kier alpha value is -2.85. The fourth-order valence-electron chi connectivity index (χ4n) is 2.15. The Morgan fingerprint density at radius 3 is 2.42 bits per heavy atom. The van der Waals surface area contributed by atoms with Gasteiger partial charge in [0, 0.05) is 11.3 Å². The van der Waals surface area contributed by atoms with E-state index in [9.17, 15) is 14.7 Å². The number of anilines is 1. The first-order valence-corrected chi connectivity index (χ1v) is 8.12. The third kappa shape index (κ3) is 3.24. The molecule has 0 spiro atoms. The zero-order chi connectivity index (χ0) is 17.1. The van der Waals surface area contributed by atoms with Crippen molar-refractivity contribution in [2.75, 3.05) is 11.6 Å². The molecule has 0 bridgehead atoms. The average Bonchev–Trinajstić information content (AvgIpc) is 3.08. The monoisotopic (exact) mass is 346 g/mol. The van der Waals surface area contributed by atoms with Crippen molar-refractivity contribution >= 4 is 29.3 Å². The minimum absolute atomic E-state index is 0.0756. The van der Waals surface area contributed by atoms with E-state index in [0.717, 1.165) is 5.56 Å². The molecular formula is C14H14N6O3S. The van der Waals surface area contributed by atoms with Gasteiger partial charge in [-0.05, 0) is 18.4 Å². The quantitative estimate of drug-likeness (QED) is 0.388. The van der Waals surface area contributed by atoms with Crippen molar-refractivity contribution < 1.29 is 14.7 Å². The summed E-state index contributed by atoms with van der Waals surface area (Å²) in [5.74, 6) is -1.27. The maximum absolute atomic E-state index is 12.0. The summed E-state index contributed by atoms with van der Waals surface area (Å²) in [4.78, 5) is 23.9. The number of hydrogen-bond donors (Lipinski definition) is 5. The first-order chi connectivity index (χ1) is 11.6. The predicted molar refractivity (Wildman–Crippen MR) is 88.3 cm³/mol. The van der Waals surface area contributed by atoms with Crippen LogP contribution in [0.3, 0.4) is 0 Å². The molecule has 0 atom stereocenters. The maximum atomic E-state index is 12.0. The van der Waals surface area contributed by atoms with E-state index in [0.29, 0.717) is 16.4 Å². The van der Waals surface area contributed by atoms with Crippen LogP contribution in [0.5, 0.6) is 0 Å². The number of thioether (sulfide) groups is 1. The van der Waals surface area contributed by atoms with Gasteiger partial charge in [0.05, 0.1) is 11.2 Å². The summed E-state index contributed by atoms with van der Waals surface area (Å²) in [5.41, 5.74) is 2.22. The van der Waals surface area contributed by atoms with Gasteiger partial charge >= 0.3 is 0 Å². The summed E-state index contributed by atoms with van der Waals surface area (Å²) in [7, 11) is 0. The lowest BCUT2D eigenvalue weighted by molar-refractivity contribution is -0.132. The highest BCUT2D eigenvalue weighted by Gasteiger charge is 2.31. The van der Waals surface area contributed by atoms with Crippen LogP contribution in [0.4, 0.5) is 5.69 Å². The molecule has 0 unspecified atom stereocenters. The van der Waals surface area contributed by atoms with Gasteiger partial charge in [-0.3, -0.25) is 9.59 Å². The molecule has 2 amide bonds. The van der Waals surface area contributed by atoms with E-state index in [-0.39, 0.29) is 5.57 Å². The average molecular weight is 346 g/mol. The minimum Gasteiger partial charge on any atom is -0.356 e. The van der Waals surface area contributed by atoms with Crippen LogP contribution in [-0.4, -0.2) is 44.9 Å². The van der Waals surface area contributed by atoms with Crippen molar-refractivity contribution in [1.29, 1.82) is 0 Å². The van der Waals surface area contributed by atoms with Gasteiger partial charge in [-0.25, -0.2) is 0 Å². The number of carbonyl (C=O) groups excluding carboxylic acids is 2. The van der Waals surface area contributed by atoms with E-state index in [4.69, 9.17) is 0 Å². The van der Waals surface area contributed by atoms with Gasteiger partial charge < -0.3 is 21.1 Å². The Labute approximate surface area is 140 Å². The van der Waals surface area contributed by atoms with Crippen molar-refractivity contribution in [3.8, 4) is 11.3 Å². The van der Waals surface area contributed by atoms with Crippen LogP contribution in [0, 0.1) is 0 Å². The first kappa shape index (κ1) is 16.0. The zero-order valence-electron chi connectivity index (χ0n) is 12.5. The lowest BCUT2D eigenvalue weighted by Crippen LogP contribution is -2.56. The van der Waals surface area contributed by atoms with E-state index < -0.39 is 18.2 Å². The van der Waals surface area contributed by atoms with Crippen molar-refractivity contribution in [2.45, 2.75) is 6.35 Å². The van der Waals surface area contributed by atoms with E-state index in [1.54, 1.807) is 24.6 Å². The molecular weight excluding hydrogens is 332 g/mol. The van der Waals surface area contributed by atoms with Gasteiger partial charge in [-0.2, -0.15) is 15.4 Å². The second-order valence-corrected chi connectivity index (χ2v) is 5.63. The molecule has 10 heteroatoms. The molecule has 1 saturated heterocycles. The van der Waals surface area contributed by atoms with E-state index in [1.165, 1.54) is 11.8 Å². The van der Waals surface area contributed by atoms with Crippen LogP contribution >= 0.6 is 11.8 Å². The number of rotatable bonds is 4. The molecule has 1 fully saturated rings. The number of nitrogens with zero attached hydrogens (tertiary/aromatic N) is 2. The number of hydrogen-bond acceptors (Lipinski definition) is 7. The number of aliphatic hydroxyl groups is 1. The second kappa shape index (κ2) is 6.72. The standard InChI is InChI=1S/C14H14N6O3S/c1-24-13(10-11(21)17-14(23)18-12(10)22)16-8-4-2-7(3-5-8)9-6-15-20-19-9/h2-6,14,16,23H,1H3,(H,17,21)(H,18,22)(H,15,19,20). The number of amides is 2. The first-order valence-electron chi connectivity index (χ1n) is 6.90. The van der Waals surface area contributed by atoms with Gasteiger partial charge in [0.1, 0.15) is 11.3 Å². The largest absolute Gasteiger partial charge is 0.356 e. The minimum atomic E-state index is -1.38. The molecule has 2 aromatic rings. The molecule has 1 aromatic heterocycles. The molecule has 1 aliphatic rings. The highest BCUT2D eigenvalue weighted by Crippen LogP contribution is 2.24. The smallest absolute Gasteiger partial charge is 0.262 e. The number of H-pyrrole nitrogens is 1. The van der Waals surface area contributed by atoms with E-state index >= 15 is 0 Å². The fourth-order valence-corrected chi connectivity index (χ4v) is 2.76.